The van der Waals surface area contributed by atoms with E-state index in [1.165, 1.54) is 24.3 Å². The highest BCUT2D eigenvalue weighted by Crippen LogP contribution is 2.07. The summed E-state index contributed by atoms with van der Waals surface area (Å²) in [6.45, 7) is 1.73. The number of hydrogen-bond donors (Lipinski definition) is 0. The molecular weight excluding hydrogens is 254 g/mol. The number of ketones is 1. The largest absolute Gasteiger partial charge is 0.358 e. The van der Waals surface area contributed by atoms with E-state index in [1.807, 2.05) is 30.3 Å². The standard InChI is InChI=1S/C16H13NO3/c1-12-11-14(18)8-9-15(12)17-20-16(19)10-7-13-5-3-2-4-6-13/h2-11H,1H3/b10-7+,17-15+. The van der Waals surface area contributed by atoms with E-state index in [0.29, 0.717) is 11.3 Å². The highest BCUT2D eigenvalue weighted by molar-refractivity contribution is 6.19. The van der Waals surface area contributed by atoms with E-state index in [9.17, 15) is 9.59 Å². The lowest BCUT2D eigenvalue weighted by Crippen LogP contribution is -2.07. The molecule has 100 valence electrons. The molecule has 0 N–H and O–H groups in total. The van der Waals surface area contributed by atoms with Crippen LogP contribution in [0, 0.1) is 0 Å². The van der Waals surface area contributed by atoms with Crippen LogP contribution in [0.3, 0.4) is 0 Å². The topological polar surface area (TPSA) is 55.7 Å². The third-order valence-corrected chi connectivity index (χ3v) is 2.61. The number of hydrogen-bond acceptors (Lipinski definition) is 4. The van der Waals surface area contributed by atoms with Gasteiger partial charge in [-0.1, -0.05) is 35.5 Å². The summed E-state index contributed by atoms with van der Waals surface area (Å²) in [5.74, 6) is -0.670. The van der Waals surface area contributed by atoms with Crippen LogP contribution in [0.1, 0.15) is 12.5 Å². The number of oxime groups is 1. The van der Waals surface area contributed by atoms with E-state index in [-0.39, 0.29) is 5.78 Å². The zero-order valence-electron chi connectivity index (χ0n) is 10.9. The predicted octanol–water partition coefficient (Wildman–Crippen LogP) is 2.68. The first kappa shape index (κ1) is 13.7. The first-order valence-electron chi connectivity index (χ1n) is 6.08. The number of carbonyl (C=O) groups is 2. The zero-order chi connectivity index (χ0) is 14.4. The number of nitrogens with zero attached hydrogens (tertiary/aromatic N) is 1. The summed E-state index contributed by atoms with van der Waals surface area (Å²) in [7, 11) is 0. The van der Waals surface area contributed by atoms with Gasteiger partial charge in [0.15, 0.2) is 5.78 Å². The fourth-order valence-electron chi connectivity index (χ4n) is 1.58. The molecule has 0 aromatic heterocycles. The van der Waals surface area contributed by atoms with E-state index in [1.54, 1.807) is 13.0 Å². The molecule has 1 aliphatic rings. The Morgan fingerprint density at radius 3 is 2.65 bits per heavy atom. The summed E-state index contributed by atoms with van der Waals surface area (Å²) in [6.07, 6.45) is 7.28. The smallest absolute Gasteiger partial charge is 0.313 e. The molecule has 4 heteroatoms. The van der Waals surface area contributed by atoms with Gasteiger partial charge in [-0.3, -0.25) is 4.79 Å². The minimum absolute atomic E-state index is 0.100. The molecule has 0 unspecified atom stereocenters. The number of rotatable bonds is 3. The molecule has 0 spiro atoms. The van der Waals surface area contributed by atoms with Crippen LogP contribution >= 0.6 is 0 Å². The van der Waals surface area contributed by atoms with Crippen molar-refractivity contribution in [1.29, 1.82) is 0 Å². The van der Waals surface area contributed by atoms with E-state index >= 15 is 0 Å². The van der Waals surface area contributed by atoms with Crippen molar-refractivity contribution in [3.8, 4) is 0 Å². The van der Waals surface area contributed by atoms with Crippen molar-refractivity contribution in [2.75, 3.05) is 0 Å². The van der Waals surface area contributed by atoms with Gasteiger partial charge in [-0.25, -0.2) is 4.79 Å². The SMILES string of the molecule is CC1=CC(=O)C=C/C1=N\OC(=O)/C=C/c1ccccc1. The van der Waals surface area contributed by atoms with Crippen molar-refractivity contribution < 1.29 is 14.4 Å². The maximum atomic E-state index is 11.5. The van der Waals surface area contributed by atoms with Crippen LogP contribution in [0.15, 0.2) is 65.4 Å². The van der Waals surface area contributed by atoms with Gasteiger partial charge >= 0.3 is 5.97 Å². The Bertz CT molecular complexity index is 637. The van der Waals surface area contributed by atoms with Crippen LogP contribution in [0.4, 0.5) is 0 Å². The summed E-state index contributed by atoms with van der Waals surface area (Å²) in [4.78, 5) is 27.4. The average Bonchev–Trinajstić information content (AvgIpc) is 2.45. The second-order valence-electron chi connectivity index (χ2n) is 4.19. The molecule has 0 saturated carbocycles. The highest BCUT2D eigenvalue weighted by atomic mass is 16.7. The minimum atomic E-state index is -0.570. The molecule has 0 fully saturated rings. The third kappa shape index (κ3) is 3.88. The Morgan fingerprint density at radius 1 is 1.20 bits per heavy atom. The Hall–Kier alpha value is -2.75. The maximum absolute atomic E-state index is 11.5. The van der Waals surface area contributed by atoms with Gasteiger partial charge in [0, 0.05) is 6.08 Å². The van der Waals surface area contributed by atoms with Crippen molar-refractivity contribution in [3.63, 3.8) is 0 Å². The molecule has 2 rings (SSSR count). The minimum Gasteiger partial charge on any atom is -0.313 e. The Balaban J connectivity index is 1.96. The molecule has 0 heterocycles. The lowest BCUT2D eigenvalue weighted by molar-refractivity contribution is -0.137. The van der Waals surface area contributed by atoms with Gasteiger partial charge in [0.05, 0.1) is 0 Å². The van der Waals surface area contributed by atoms with Crippen molar-refractivity contribution in [1.82, 2.24) is 0 Å². The quantitative estimate of drug-likeness (QED) is 0.366. The van der Waals surface area contributed by atoms with Crippen LogP contribution in [-0.2, 0) is 14.4 Å². The summed E-state index contributed by atoms with van der Waals surface area (Å²) in [5.41, 5.74) is 2.03. The molecular formula is C16H13NO3. The van der Waals surface area contributed by atoms with Gasteiger partial charge in [-0.05, 0) is 42.4 Å². The monoisotopic (exact) mass is 267 g/mol. The van der Waals surface area contributed by atoms with Crippen LogP contribution in [-0.4, -0.2) is 17.5 Å². The lowest BCUT2D eigenvalue weighted by atomic mass is 10.1. The molecule has 0 radical (unpaired) electrons. The summed E-state index contributed by atoms with van der Waals surface area (Å²) >= 11 is 0. The predicted molar refractivity (Wildman–Crippen MR) is 76.9 cm³/mol. The molecule has 0 aliphatic heterocycles. The molecule has 1 aromatic rings. The van der Waals surface area contributed by atoms with E-state index < -0.39 is 5.97 Å². The Kier molecular flexibility index (Phi) is 4.39. The summed E-state index contributed by atoms with van der Waals surface area (Å²) in [5, 5.41) is 3.72. The van der Waals surface area contributed by atoms with Gasteiger partial charge in [-0.15, -0.1) is 0 Å². The van der Waals surface area contributed by atoms with E-state index in [0.717, 1.165) is 5.56 Å². The van der Waals surface area contributed by atoms with Gasteiger partial charge in [0.25, 0.3) is 0 Å². The van der Waals surface area contributed by atoms with Crippen LogP contribution in [0.5, 0.6) is 0 Å². The van der Waals surface area contributed by atoms with Gasteiger partial charge < -0.3 is 4.84 Å². The van der Waals surface area contributed by atoms with Crippen LogP contribution < -0.4 is 0 Å². The molecule has 4 nitrogen and oxygen atoms in total. The van der Waals surface area contributed by atoms with Crippen LogP contribution in [0.2, 0.25) is 0 Å². The van der Waals surface area contributed by atoms with Crippen molar-refractivity contribution >= 4 is 23.5 Å². The van der Waals surface area contributed by atoms with Gasteiger partial charge in [0.1, 0.15) is 5.71 Å². The molecule has 1 aliphatic carbocycles. The van der Waals surface area contributed by atoms with Crippen LogP contribution in [0.25, 0.3) is 6.08 Å². The van der Waals surface area contributed by atoms with Crippen molar-refractivity contribution in [2.24, 2.45) is 5.16 Å². The van der Waals surface area contributed by atoms with Gasteiger partial charge in [-0.2, -0.15) is 0 Å². The van der Waals surface area contributed by atoms with Crippen molar-refractivity contribution in [3.05, 3.63) is 65.8 Å². The molecule has 20 heavy (non-hydrogen) atoms. The second kappa shape index (κ2) is 6.43. The highest BCUT2D eigenvalue weighted by Gasteiger charge is 2.08. The lowest BCUT2D eigenvalue weighted by Gasteiger charge is -2.03. The fraction of sp³-hybridized carbons (Fsp3) is 0.0625. The molecule has 0 bridgehead atoms. The zero-order valence-corrected chi connectivity index (χ0v) is 10.9. The number of allylic oxidation sites excluding steroid dienone is 4. The summed E-state index contributed by atoms with van der Waals surface area (Å²) in [6, 6.07) is 9.40. The Labute approximate surface area is 116 Å². The first-order chi connectivity index (χ1) is 9.65. The fourth-order valence-corrected chi connectivity index (χ4v) is 1.58. The molecule has 0 atom stereocenters. The van der Waals surface area contributed by atoms with E-state index in [4.69, 9.17) is 4.84 Å². The summed E-state index contributed by atoms with van der Waals surface area (Å²) < 4.78 is 0. The maximum Gasteiger partial charge on any atom is 0.358 e. The normalized spacial score (nSPS) is 16.6. The van der Waals surface area contributed by atoms with E-state index in [2.05, 4.69) is 5.16 Å². The average molecular weight is 267 g/mol. The molecule has 1 aromatic carbocycles. The van der Waals surface area contributed by atoms with Gasteiger partial charge in [0.2, 0.25) is 0 Å². The number of benzene rings is 1. The van der Waals surface area contributed by atoms with Crippen molar-refractivity contribution in [2.45, 2.75) is 6.92 Å². The Morgan fingerprint density at radius 2 is 1.95 bits per heavy atom. The second-order valence-corrected chi connectivity index (χ2v) is 4.19. The third-order valence-electron chi connectivity index (χ3n) is 2.61. The molecule has 0 amide bonds. The first-order valence-corrected chi connectivity index (χ1v) is 6.08. The number of carbonyl (C=O) groups excluding carboxylic acids is 2. The molecule has 0 saturated heterocycles.